The number of hydrogen-bond acceptors (Lipinski definition) is 9. The van der Waals surface area contributed by atoms with Crippen LogP contribution in [0.1, 0.15) is 38.2 Å². The summed E-state index contributed by atoms with van der Waals surface area (Å²) in [6.07, 6.45) is 0. The van der Waals surface area contributed by atoms with Crippen molar-refractivity contribution in [2.24, 2.45) is 0 Å². The Kier molecular flexibility index (Phi) is 6.45. The summed E-state index contributed by atoms with van der Waals surface area (Å²) in [6, 6.07) is 0. The highest BCUT2D eigenvalue weighted by atomic mass is 32.2. The van der Waals surface area contributed by atoms with E-state index >= 15 is 0 Å². The second kappa shape index (κ2) is 8.68. The summed E-state index contributed by atoms with van der Waals surface area (Å²) in [6.45, 7) is 9.80. The van der Waals surface area contributed by atoms with Crippen molar-refractivity contribution in [2.75, 3.05) is 23.4 Å². The average molecular weight is 451 g/mol. The van der Waals surface area contributed by atoms with E-state index in [1.807, 2.05) is 27.7 Å². The fourth-order valence-electron chi connectivity index (χ4n) is 2.78. The SMILES string of the molecule is CCOC(=O)c1c(NC(=O)CSc2nc(N)c3c(C)c(C)sc3n2)sc(C)c1C. The molecule has 0 saturated carbocycles. The Morgan fingerprint density at radius 2 is 1.79 bits per heavy atom. The van der Waals surface area contributed by atoms with Gasteiger partial charge in [-0.3, -0.25) is 4.79 Å². The molecule has 154 valence electrons. The van der Waals surface area contributed by atoms with Gasteiger partial charge in [-0.15, -0.1) is 22.7 Å². The second-order valence-electron chi connectivity index (χ2n) is 6.40. The zero-order valence-corrected chi connectivity index (χ0v) is 19.3. The lowest BCUT2D eigenvalue weighted by atomic mass is 10.1. The highest BCUT2D eigenvalue weighted by Crippen LogP contribution is 2.35. The molecule has 0 saturated heterocycles. The Hall–Kier alpha value is -2.17. The van der Waals surface area contributed by atoms with E-state index in [4.69, 9.17) is 10.5 Å². The topological polar surface area (TPSA) is 107 Å². The smallest absolute Gasteiger partial charge is 0.341 e. The molecular formula is C19H22N4O3S3. The fraction of sp³-hybridized carbons (Fsp3) is 0.368. The number of anilines is 2. The van der Waals surface area contributed by atoms with E-state index in [9.17, 15) is 9.59 Å². The van der Waals surface area contributed by atoms with Gasteiger partial charge in [-0.2, -0.15) is 0 Å². The number of hydrogen-bond donors (Lipinski definition) is 2. The van der Waals surface area contributed by atoms with Crippen LogP contribution in [0.15, 0.2) is 5.16 Å². The summed E-state index contributed by atoms with van der Waals surface area (Å²) in [5.74, 6) is -0.147. The van der Waals surface area contributed by atoms with Crippen LogP contribution in [0.5, 0.6) is 0 Å². The van der Waals surface area contributed by atoms with E-state index in [0.29, 0.717) is 21.5 Å². The number of nitrogens with one attached hydrogen (secondary N) is 1. The number of esters is 1. The van der Waals surface area contributed by atoms with Gasteiger partial charge in [0.15, 0.2) is 5.16 Å². The summed E-state index contributed by atoms with van der Waals surface area (Å²) >= 11 is 4.13. The largest absolute Gasteiger partial charge is 0.462 e. The number of nitrogens with zero attached hydrogens (tertiary/aromatic N) is 2. The van der Waals surface area contributed by atoms with Gasteiger partial charge in [0.05, 0.1) is 23.3 Å². The number of rotatable bonds is 6. The molecule has 0 atom stereocenters. The number of thiophene rings is 2. The molecule has 0 aromatic carbocycles. The Bertz CT molecular complexity index is 1100. The number of aryl methyl sites for hydroxylation is 3. The molecule has 3 heterocycles. The summed E-state index contributed by atoms with van der Waals surface area (Å²) in [4.78, 5) is 36.5. The first-order chi connectivity index (χ1) is 13.7. The lowest BCUT2D eigenvalue weighted by Crippen LogP contribution is -2.16. The fourth-order valence-corrected chi connectivity index (χ4v) is 5.59. The van der Waals surface area contributed by atoms with Gasteiger partial charge >= 0.3 is 5.97 Å². The van der Waals surface area contributed by atoms with E-state index in [-0.39, 0.29) is 18.3 Å². The summed E-state index contributed by atoms with van der Waals surface area (Å²) in [5, 5.41) is 4.66. The molecule has 3 aromatic rings. The number of thioether (sulfide) groups is 1. The van der Waals surface area contributed by atoms with Crippen LogP contribution < -0.4 is 11.1 Å². The number of nitrogen functional groups attached to an aromatic ring is 1. The molecule has 3 aromatic heterocycles. The Morgan fingerprint density at radius 3 is 2.48 bits per heavy atom. The van der Waals surface area contributed by atoms with E-state index in [1.54, 1.807) is 18.3 Å². The molecule has 0 aliphatic rings. The number of carbonyl (C=O) groups is 2. The first-order valence-electron chi connectivity index (χ1n) is 8.95. The molecule has 0 aliphatic carbocycles. The van der Waals surface area contributed by atoms with Gasteiger partial charge in [0.25, 0.3) is 0 Å². The maximum atomic E-state index is 12.5. The molecule has 0 aliphatic heterocycles. The molecule has 10 heteroatoms. The monoisotopic (exact) mass is 450 g/mol. The van der Waals surface area contributed by atoms with Crippen LogP contribution in [0.2, 0.25) is 0 Å². The van der Waals surface area contributed by atoms with Crippen molar-refractivity contribution >= 4 is 67.3 Å². The zero-order valence-electron chi connectivity index (χ0n) is 16.8. The maximum Gasteiger partial charge on any atom is 0.341 e. The van der Waals surface area contributed by atoms with Crippen LogP contribution in [0.4, 0.5) is 10.8 Å². The van der Waals surface area contributed by atoms with E-state index < -0.39 is 5.97 Å². The number of aromatic nitrogens is 2. The normalized spacial score (nSPS) is 11.1. The van der Waals surface area contributed by atoms with Gasteiger partial charge in [0.2, 0.25) is 5.91 Å². The van der Waals surface area contributed by atoms with Crippen LogP contribution in [0.25, 0.3) is 10.2 Å². The number of amides is 1. The van der Waals surface area contributed by atoms with Gasteiger partial charge in [0, 0.05) is 9.75 Å². The van der Waals surface area contributed by atoms with Crippen molar-refractivity contribution in [3.05, 3.63) is 26.4 Å². The molecular weight excluding hydrogens is 428 g/mol. The first kappa shape index (κ1) is 21.5. The number of nitrogens with two attached hydrogens (primary N) is 1. The lowest BCUT2D eigenvalue weighted by molar-refractivity contribution is -0.113. The second-order valence-corrected chi connectivity index (χ2v) is 9.77. The third-order valence-corrected chi connectivity index (χ3v) is 7.56. The van der Waals surface area contributed by atoms with Gasteiger partial charge in [0.1, 0.15) is 15.6 Å². The third-order valence-electron chi connectivity index (χ3n) is 4.49. The van der Waals surface area contributed by atoms with Crippen LogP contribution in [-0.4, -0.2) is 34.2 Å². The average Bonchev–Trinajstić information content (AvgIpc) is 3.09. The summed E-state index contributed by atoms with van der Waals surface area (Å²) < 4.78 is 5.12. The predicted molar refractivity (Wildman–Crippen MR) is 120 cm³/mol. The number of fused-ring (bicyclic) bond motifs is 1. The standard InChI is InChI=1S/C19H22N4O3S3/c1-6-26-18(25)14-9(3)11(5)29-17(14)21-12(24)7-27-19-22-15(20)13-8(2)10(4)28-16(13)23-19/h6-7H2,1-5H3,(H,21,24)(H2,20,22,23). The Labute approximate surface area is 181 Å². The molecule has 3 N–H and O–H groups in total. The highest BCUT2D eigenvalue weighted by molar-refractivity contribution is 7.99. The van der Waals surface area contributed by atoms with Crippen molar-refractivity contribution in [1.29, 1.82) is 0 Å². The molecule has 0 fully saturated rings. The molecule has 3 rings (SSSR count). The molecule has 0 spiro atoms. The van der Waals surface area contributed by atoms with Gasteiger partial charge in [-0.05, 0) is 45.7 Å². The van der Waals surface area contributed by atoms with Crippen molar-refractivity contribution in [2.45, 2.75) is 39.8 Å². The van der Waals surface area contributed by atoms with Crippen LogP contribution >= 0.6 is 34.4 Å². The minimum absolute atomic E-state index is 0.104. The number of carbonyl (C=O) groups excluding carboxylic acids is 2. The maximum absolute atomic E-state index is 12.5. The number of ether oxygens (including phenoxy) is 1. The van der Waals surface area contributed by atoms with Gasteiger partial charge in [-0.25, -0.2) is 14.8 Å². The lowest BCUT2D eigenvalue weighted by Gasteiger charge is -2.07. The molecule has 0 bridgehead atoms. The minimum atomic E-state index is -0.428. The zero-order chi connectivity index (χ0) is 21.3. The van der Waals surface area contributed by atoms with Crippen molar-refractivity contribution in [3.8, 4) is 0 Å². The predicted octanol–water partition coefficient (Wildman–Crippen LogP) is 4.48. The van der Waals surface area contributed by atoms with Crippen molar-refractivity contribution in [1.82, 2.24) is 9.97 Å². The molecule has 29 heavy (non-hydrogen) atoms. The quantitative estimate of drug-likeness (QED) is 0.324. The molecule has 0 radical (unpaired) electrons. The van der Waals surface area contributed by atoms with Crippen LogP contribution in [0, 0.1) is 27.7 Å². The highest BCUT2D eigenvalue weighted by Gasteiger charge is 2.22. The molecule has 1 amide bonds. The van der Waals surface area contributed by atoms with E-state index in [2.05, 4.69) is 15.3 Å². The molecule has 0 unspecified atom stereocenters. The van der Waals surface area contributed by atoms with Crippen molar-refractivity contribution < 1.29 is 14.3 Å². The third kappa shape index (κ3) is 4.39. The van der Waals surface area contributed by atoms with Crippen LogP contribution in [0.3, 0.4) is 0 Å². The molecule has 7 nitrogen and oxygen atoms in total. The van der Waals surface area contributed by atoms with E-state index in [1.165, 1.54) is 23.1 Å². The summed E-state index contributed by atoms with van der Waals surface area (Å²) in [7, 11) is 0. The Balaban J connectivity index is 1.73. The Morgan fingerprint density at radius 1 is 1.10 bits per heavy atom. The minimum Gasteiger partial charge on any atom is -0.462 e. The van der Waals surface area contributed by atoms with E-state index in [0.717, 1.165) is 31.1 Å². The summed E-state index contributed by atoms with van der Waals surface area (Å²) in [5.41, 5.74) is 8.42. The van der Waals surface area contributed by atoms with Gasteiger partial charge in [-0.1, -0.05) is 11.8 Å². The van der Waals surface area contributed by atoms with Crippen LogP contribution in [-0.2, 0) is 9.53 Å². The first-order valence-corrected chi connectivity index (χ1v) is 11.6. The van der Waals surface area contributed by atoms with Gasteiger partial charge < -0.3 is 15.8 Å². The van der Waals surface area contributed by atoms with Crippen molar-refractivity contribution in [3.63, 3.8) is 0 Å².